The number of amides is 3. The molecule has 0 saturated carbocycles. The number of carbonyl (C=O) groups is 3. The maximum absolute atomic E-state index is 11.7. The van der Waals surface area contributed by atoms with Gasteiger partial charge in [-0.2, -0.15) is 0 Å². The highest BCUT2D eigenvalue weighted by molar-refractivity contribution is 9.10. The van der Waals surface area contributed by atoms with E-state index in [1.54, 1.807) is 0 Å². The number of nitrogens with zero attached hydrogens (tertiary/aromatic N) is 1. The largest absolute Gasteiger partial charge is 0.480 e. The van der Waals surface area contributed by atoms with Crippen molar-refractivity contribution in [2.75, 3.05) is 13.1 Å². The van der Waals surface area contributed by atoms with Crippen LogP contribution >= 0.6 is 27.3 Å². The summed E-state index contributed by atoms with van der Waals surface area (Å²) in [5.74, 6) is -1.98. The van der Waals surface area contributed by atoms with Crippen molar-refractivity contribution in [3.63, 3.8) is 0 Å². The summed E-state index contributed by atoms with van der Waals surface area (Å²) < 4.78 is 0.904. The van der Waals surface area contributed by atoms with Gasteiger partial charge in [-0.15, -0.1) is 11.3 Å². The lowest BCUT2D eigenvalue weighted by molar-refractivity contribution is -0.137. The Labute approximate surface area is 121 Å². The predicted molar refractivity (Wildman–Crippen MR) is 72.7 cm³/mol. The zero-order chi connectivity index (χ0) is 14.4. The van der Waals surface area contributed by atoms with Gasteiger partial charge in [-0.3, -0.25) is 9.59 Å². The van der Waals surface area contributed by atoms with Crippen molar-refractivity contribution in [1.29, 1.82) is 0 Å². The third kappa shape index (κ3) is 5.71. The molecule has 0 aliphatic rings. The fourth-order valence-corrected chi connectivity index (χ4v) is 2.66. The van der Waals surface area contributed by atoms with Gasteiger partial charge in [-0.25, -0.2) is 4.79 Å². The number of hydrogen-bond acceptors (Lipinski definition) is 4. The Kier molecular flexibility index (Phi) is 5.77. The Bertz CT molecular complexity index is 475. The van der Waals surface area contributed by atoms with Crippen LogP contribution in [0.4, 0.5) is 4.79 Å². The lowest BCUT2D eigenvalue weighted by Crippen LogP contribution is -2.46. The van der Waals surface area contributed by atoms with E-state index >= 15 is 0 Å². The molecule has 0 aromatic carbocycles. The molecule has 7 nitrogen and oxygen atoms in total. The SMILES string of the molecule is NC(=O)CN(CC(=O)O)C(=O)NCc1cc(Br)cs1. The van der Waals surface area contributed by atoms with Crippen LogP contribution in [0.3, 0.4) is 0 Å². The van der Waals surface area contributed by atoms with E-state index in [0.717, 1.165) is 14.2 Å². The number of thiophene rings is 1. The van der Waals surface area contributed by atoms with Gasteiger partial charge in [0.15, 0.2) is 0 Å². The number of nitrogens with one attached hydrogen (secondary N) is 1. The molecule has 4 N–H and O–H groups in total. The van der Waals surface area contributed by atoms with Crippen molar-refractivity contribution < 1.29 is 19.5 Å². The van der Waals surface area contributed by atoms with Crippen LogP contribution in [0, 0.1) is 0 Å². The number of halogens is 1. The summed E-state index contributed by atoms with van der Waals surface area (Å²) >= 11 is 4.72. The standard InChI is InChI=1S/C10H12BrN3O4S/c11-6-1-7(19-5-6)2-13-10(18)14(3-8(12)15)4-9(16)17/h1,5H,2-4H2,(H2,12,15)(H,13,18)(H,16,17). The smallest absolute Gasteiger partial charge is 0.323 e. The Morgan fingerprint density at radius 2 is 2.11 bits per heavy atom. The Hall–Kier alpha value is -1.61. The van der Waals surface area contributed by atoms with E-state index in [-0.39, 0.29) is 6.54 Å². The van der Waals surface area contributed by atoms with Crippen molar-refractivity contribution in [2.24, 2.45) is 5.73 Å². The highest BCUT2D eigenvalue weighted by atomic mass is 79.9. The van der Waals surface area contributed by atoms with Crippen molar-refractivity contribution >= 4 is 45.2 Å². The second-order valence-electron chi connectivity index (χ2n) is 3.61. The van der Waals surface area contributed by atoms with E-state index in [1.807, 2.05) is 11.4 Å². The number of carboxylic acids is 1. The first-order valence-corrected chi connectivity index (χ1v) is 6.81. The molecule has 0 unspecified atom stereocenters. The fraction of sp³-hybridized carbons (Fsp3) is 0.300. The van der Waals surface area contributed by atoms with E-state index in [4.69, 9.17) is 10.8 Å². The number of rotatable bonds is 6. The third-order valence-electron chi connectivity index (χ3n) is 2.00. The van der Waals surface area contributed by atoms with E-state index in [0.29, 0.717) is 0 Å². The third-order valence-corrected chi connectivity index (χ3v) is 3.69. The van der Waals surface area contributed by atoms with Gasteiger partial charge < -0.3 is 21.1 Å². The van der Waals surface area contributed by atoms with Crippen LogP contribution in [0.5, 0.6) is 0 Å². The monoisotopic (exact) mass is 349 g/mol. The minimum Gasteiger partial charge on any atom is -0.480 e. The Morgan fingerprint density at radius 1 is 1.42 bits per heavy atom. The van der Waals surface area contributed by atoms with Gasteiger partial charge in [0.2, 0.25) is 5.91 Å². The number of hydrogen-bond donors (Lipinski definition) is 3. The molecule has 1 aromatic rings. The maximum Gasteiger partial charge on any atom is 0.323 e. The molecule has 0 radical (unpaired) electrons. The molecule has 0 aliphatic carbocycles. The number of urea groups is 1. The summed E-state index contributed by atoms with van der Waals surface area (Å²) in [7, 11) is 0. The van der Waals surface area contributed by atoms with E-state index in [2.05, 4.69) is 21.2 Å². The molecule has 3 amide bonds. The molecule has 0 spiro atoms. The molecule has 0 atom stereocenters. The normalized spacial score (nSPS) is 9.95. The van der Waals surface area contributed by atoms with Gasteiger partial charge >= 0.3 is 12.0 Å². The predicted octanol–water partition coefficient (Wildman–Crippen LogP) is 0.592. The van der Waals surface area contributed by atoms with Crippen LogP contribution in [0.25, 0.3) is 0 Å². The van der Waals surface area contributed by atoms with Crippen molar-refractivity contribution in [3.05, 3.63) is 20.8 Å². The number of carbonyl (C=O) groups excluding carboxylic acids is 2. The zero-order valence-corrected chi connectivity index (χ0v) is 12.2. The summed E-state index contributed by atoms with van der Waals surface area (Å²) in [4.78, 5) is 34.8. The van der Waals surface area contributed by atoms with Crippen LogP contribution in [0.15, 0.2) is 15.9 Å². The van der Waals surface area contributed by atoms with Crippen molar-refractivity contribution in [2.45, 2.75) is 6.54 Å². The Balaban J connectivity index is 2.55. The van der Waals surface area contributed by atoms with Gasteiger partial charge in [0.25, 0.3) is 0 Å². The first-order valence-electron chi connectivity index (χ1n) is 5.14. The molecule has 19 heavy (non-hydrogen) atoms. The molecule has 1 aromatic heterocycles. The molecule has 1 heterocycles. The van der Waals surface area contributed by atoms with E-state index < -0.39 is 31.0 Å². The summed E-state index contributed by atoms with van der Waals surface area (Å²) in [6.07, 6.45) is 0. The summed E-state index contributed by atoms with van der Waals surface area (Å²) in [5.41, 5.74) is 4.96. The van der Waals surface area contributed by atoms with Gasteiger partial charge in [-0.05, 0) is 22.0 Å². The Morgan fingerprint density at radius 3 is 2.58 bits per heavy atom. The maximum atomic E-state index is 11.7. The first kappa shape index (κ1) is 15.4. The molecule has 9 heteroatoms. The zero-order valence-electron chi connectivity index (χ0n) is 9.76. The summed E-state index contributed by atoms with van der Waals surface area (Å²) in [5, 5.41) is 13.0. The lowest BCUT2D eigenvalue weighted by atomic mass is 10.4. The van der Waals surface area contributed by atoms with Crippen LogP contribution in [-0.4, -0.2) is 41.0 Å². The minimum atomic E-state index is -1.21. The molecule has 1 rings (SSSR count). The van der Waals surface area contributed by atoms with Crippen molar-refractivity contribution in [3.8, 4) is 0 Å². The number of primary amides is 1. The van der Waals surface area contributed by atoms with Crippen LogP contribution in [0.1, 0.15) is 4.88 Å². The molecule has 104 valence electrons. The molecule has 0 bridgehead atoms. The molecular weight excluding hydrogens is 338 g/mol. The first-order chi connectivity index (χ1) is 8.88. The quantitative estimate of drug-likeness (QED) is 0.697. The second-order valence-corrected chi connectivity index (χ2v) is 5.52. The summed E-state index contributed by atoms with van der Waals surface area (Å²) in [6, 6.07) is 1.19. The van der Waals surface area contributed by atoms with Crippen LogP contribution in [-0.2, 0) is 16.1 Å². The highest BCUT2D eigenvalue weighted by Crippen LogP contribution is 2.19. The number of nitrogens with two attached hydrogens (primary N) is 1. The molecular formula is C10H12BrN3O4S. The van der Waals surface area contributed by atoms with Crippen LogP contribution < -0.4 is 11.1 Å². The topological polar surface area (TPSA) is 113 Å². The van der Waals surface area contributed by atoms with Gasteiger partial charge in [0, 0.05) is 14.7 Å². The minimum absolute atomic E-state index is 0.254. The highest BCUT2D eigenvalue weighted by Gasteiger charge is 2.18. The number of carboxylic acid groups (broad SMARTS) is 1. The van der Waals surface area contributed by atoms with Crippen LogP contribution in [0.2, 0.25) is 0 Å². The average molecular weight is 350 g/mol. The van der Waals surface area contributed by atoms with Crippen molar-refractivity contribution in [1.82, 2.24) is 10.2 Å². The summed E-state index contributed by atoms with van der Waals surface area (Å²) in [6.45, 7) is -0.765. The van der Waals surface area contributed by atoms with Gasteiger partial charge in [0.05, 0.1) is 6.54 Å². The lowest BCUT2D eigenvalue weighted by Gasteiger charge is -2.19. The van der Waals surface area contributed by atoms with Gasteiger partial charge in [0.1, 0.15) is 13.1 Å². The van der Waals surface area contributed by atoms with E-state index in [1.165, 1.54) is 11.3 Å². The fourth-order valence-electron chi connectivity index (χ4n) is 1.27. The molecule has 0 aliphatic heterocycles. The average Bonchev–Trinajstić information content (AvgIpc) is 2.70. The van der Waals surface area contributed by atoms with E-state index in [9.17, 15) is 14.4 Å². The van der Waals surface area contributed by atoms with Gasteiger partial charge in [-0.1, -0.05) is 0 Å². The molecule has 0 fully saturated rings. The molecule has 0 saturated heterocycles. The number of aliphatic carboxylic acids is 1. The second kappa shape index (κ2) is 7.10.